The average molecular weight is 430 g/mol. The summed E-state index contributed by atoms with van der Waals surface area (Å²) in [6.45, 7) is 7.46. The number of imidazole rings is 1. The highest BCUT2D eigenvalue weighted by Crippen LogP contribution is 2.30. The molecule has 4 aromatic rings. The van der Waals surface area contributed by atoms with Gasteiger partial charge in [-0.05, 0) is 49.9 Å². The first-order valence-corrected chi connectivity index (χ1v) is 11.8. The number of piperidine rings is 1. The van der Waals surface area contributed by atoms with Crippen molar-refractivity contribution in [2.45, 2.75) is 58.5 Å². The van der Waals surface area contributed by atoms with Gasteiger partial charge in [-0.25, -0.2) is 4.98 Å². The quantitative estimate of drug-likeness (QED) is 0.438. The van der Waals surface area contributed by atoms with E-state index in [0.29, 0.717) is 18.9 Å². The number of aryl methyl sites for hydroxylation is 3. The van der Waals surface area contributed by atoms with Crippen molar-refractivity contribution in [3.63, 3.8) is 0 Å². The van der Waals surface area contributed by atoms with Crippen molar-refractivity contribution < 1.29 is 4.79 Å². The number of carbonyl (C=O) groups excluding carboxylic acids is 1. The predicted molar refractivity (Wildman–Crippen MR) is 128 cm³/mol. The van der Waals surface area contributed by atoms with Gasteiger partial charge in [-0.2, -0.15) is 5.10 Å². The summed E-state index contributed by atoms with van der Waals surface area (Å²) in [4.78, 5) is 20.1. The second kappa shape index (κ2) is 8.77. The second-order valence-corrected chi connectivity index (χ2v) is 8.97. The molecule has 2 aromatic heterocycles. The maximum atomic E-state index is 13.1. The lowest BCUT2D eigenvalue weighted by atomic mass is 9.96. The van der Waals surface area contributed by atoms with Crippen LogP contribution in [0.3, 0.4) is 0 Å². The highest BCUT2D eigenvalue weighted by Gasteiger charge is 2.28. The Kier molecular flexibility index (Phi) is 5.68. The predicted octanol–water partition coefficient (Wildman–Crippen LogP) is 4.90. The number of likely N-dealkylation sites (tertiary alicyclic amines) is 1. The molecule has 1 amide bonds. The van der Waals surface area contributed by atoms with Gasteiger partial charge in [0.25, 0.3) is 0 Å². The second-order valence-electron chi connectivity index (χ2n) is 8.97. The lowest BCUT2D eigenvalue weighted by Crippen LogP contribution is -2.40. The van der Waals surface area contributed by atoms with Crippen LogP contribution < -0.4 is 0 Å². The first-order valence-electron chi connectivity index (χ1n) is 11.8. The van der Waals surface area contributed by atoms with Crippen LogP contribution in [0.25, 0.3) is 21.9 Å². The Bertz CT molecular complexity index is 1250. The van der Waals surface area contributed by atoms with Crippen LogP contribution in [0.5, 0.6) is 0 Å². The van der Waals surface area contributed by atoms with Crippen molar-refractivity contribution >= 4 is 27.8 Å². The third-order valence-corrected chi connectivity index (χ3v) is 6.61. The molecule has 0 saturated carbocycles. The van der Waals surface area contributed by atoms with Crippen LogP contribution in [0.1, 0.15) is 49.9 Å². The zero-order valence-electron chi connectivity index (χ0n) is 19.0. The maximum absolute atomic E-state index is 13.1. The van der Waals surface area contributed by atoms with Crippen molar-refractivity contribution in [1.29, 1.82) is 0 Å². The molecule has 1 aliphatic heterocycles. The zero-order chi connectivity index (χ0) is 22.1. The molecule has 1 saturated heterocycles. The summed E-state index contributed by atoms with van der Waals surface area (Å²) < 4.78 is 4.33. The summed E-state index contributed by atoms with van der Waals surface area (Å²) in [6, 6.07) is 14.7. The lowest BCUT2D eigenvalue weighted by molar-refractivity contribution is -0.132. The third kappa shape index (κ3) is 3.90. The number of rotatable bonds is 6. The van der Waals surface area contributed by atoms with Gasteiger partial charge in [-0.15, -0.1) is 0 Å². The maximum Gasteiger partial charge on any atom is 0.224 e. The summed E-state index contributed by atoms with van der Waals surface area (Å²) in [5.74, 6) is 1.64. The topological polar surface area (TPSA) is 56.0 Å². The van der Waals surface area contributed by atoms with E-state index in [1.807, 2.05) is 21.8 Å². The summed E-state index contributed by atoms with van der Waals surface area (Å²) in [7, 11) is 0. The van der Waals surface area contributed by atoms with Gasteiger partial charge in [0.2, 0.25) is 5.91 Å². The van der Waals surface area contributed by atoms with Crippen LogP contribution in [-0.2, 0) is 17.9 Å². The first kappa shape index (κ1) is 20.7. The number of hydrogen-bond donors (Lipinski definition) is 0. The molecule has 0 spiro atoms. The van der Waals surface area contributed by atoms with E-state index in [4.69, 9.17) is 4.98 Å². The average Bonchev–Trinajstić information content (AvgIpc) is 3.39. The highest BCUT2D eigenvalue weighted by molar-refractivity contribution is 5.80. The number of nitrogens with zero attached hydrogens (tertiary/aromatic N) is 5. The van der Waals surface area contributed by atoms with Crippen molar-refractivity contribution in [1.82, 2.24) is 24.2 Å². The molecule has 0 radical (unpaired) electrons. The summed E-state index contributed by atoms with van der Waals surface area (Å²) in [6.07, 6.45) is 5.53. The summed E-state index contributed by atoms with van der Waals surface area (Å²) in [5.41, 5.74) is 4.57. The molecule has 1 atom stereocenters. The van der Waals surface area contributed by atoms with E-state index in [1.54, 1.807) is 0 Å². The molecule has 6 nitrogen and oxygen atoms in total. The minimum Gasteiger partial charge on any atom is -0.342 e. The van der Waals surface area contributed by atoms with Gasteiger partial charge in [0.05, 0.1) is 29.3 Å². The largest absolute Gasteiger partial charge is 0.342 e. The van der Waals surface area contributed by atoms with Crippen molar-refractivity contribution in [2.24, 2.45) is 0 Å². The van der Waals surface area contributed by atoms with E-state index >= 15 is 0 Å². The molecule has 166 valence electrons. The molecule has 0 bridgehead atoms. The van der Waals surface area contributed by atoms with E-state index in [2.05, 4.69) is 59.9 Å². The number of para-hydroxylation sites is 2. The van der Waals surface area contributed by atoms with Gasteiger partial charge in [-0.1, -0.05) is 31.2 Å². The van der Waals surface area contributed by atoms with Crippen LogP contribution in [0.2, 0.25) is 0 Å². The van der Waals surface area contributed by atoms with Gasteiger partial charge in [0.1, 0.15) is 5.82 Å². The van der Waals surface area contributed by atoms with E-state index in [0.717, 1.165) is 61.1 Å². The fraction of sp³-hybridized carbons (Fsp3) is 0.423. The van der Waals surface area contributed by atoms with Crippen molar-refractivity contribution in [3.05, 3.63) is 60.0 Å². The van der Waals surface area contributed by atoms with Gasteiger partial charge in [-0.3, -0.25) is 9.48 Å². The molecule has 0 aliphatic carbocycles. The van der Waals surface area contributed by atoms with Crippen LogP contribution in [0.15, 0.2) is 48.7 Å². The molecular formula is C26H31N5O. The molecule has 0 N–H and O–H groups in total. The molecule has 1 unspecified atom stereocenters. The molecule has 2 aromatic carbocycles. The molecule has 6 heteroatoms. The Morgan fingerprint density at radius 2 is 2.00 bits per heavy atom. The SMILES string of the molecule is CCCn1c(C2CCCN(C(=O)CCn3ncc4ccc(C)cc43)C2)nc2ccccc21. The van der Waals surface area contributed by atoms with Crippen molar-refractivity contribution in [3.8, 4) is 0 Å². The standard InChI is InChI=1S/C26H31N5O/c1-3-13-30-23-9-5-4-8-22(23)28-26(30)21-7-6-14-29(18-21)25(32)12-15-31-24-16-19(2)10-11-20(24)17-27-31/h4-5,8-11,16-17,21H,3,6-7,12-15,18H2,1-2H3. The number of fused-ring (bicyclic) bond motifs is 2. The number of benzene rings is 2. The van der Waals surface area contributed by atoms with Gasteiger partial charge >= 0.3 is 0 Å². The first-order chi connectivity index (χ1) is 15.6. The fourth-order valence-corrected chi connectivity index (χ4v) is 5.00. The normalized spacial score (nSPS) is 16.8. The molecule has 1 fully saturated rings. The Labute approximate surface area is 188 Å². The molecule has 3 heterocycles. The molecule has 1 aliphatic rings. The highest BCUT2D eigenvalue weighted by atomic mass is 16.2. The van der Waals surface area contributed by atoms with E-state index in [-0.39, 0.29) is 5.91 Å². The van der Waals surface area contributed by atoms with Crippen LogP contribution in [0.4, 0.5) is 0 Å². The number of carbonyl (C=O) groups is 1. The van der Waals surface area contributed by atoms with Crippen molar-refractivity contribution in [2.75, 3.05) is 13.1 Å². The van der Waals surface area contributed by atoms with Crippen LogP contribution in [0, 0.1) is 6.92 Å². The Morgan fingerprint density at radius 3 is 2.88 bits per heavy atom. The van der Waals surface area contributed by atoms with E-state index < -0.39 is 0 Å². The third-order valence-electron chi connectivity index (χ3n) is 6.61. The number of amides is 1. The van der Waals surface area contributed by atoms with Gasteiger partial charge < -0.3 is 9.47 Å². The Morgan fingerprint density at radius 1 is 1.12 bits per heavy atom. The minimum absolute atomic E-state index is 0.212. The smallest absolute Gasteiger partial charge is 0.224 e. The van der Waals surface area contributed by atoms with Gasteiger partial charge in [0, 0.05) is 37.4 Å². The summed E-state index contributed by atoms with van der Waals surface area (Å²) in [5, 5.41) is 5.63. The zero-order valence-corrected chi connectivity index (χ0v) is 19.0. The minimum atomic E-state index is 0.212. The summed E-state index contributed by atoms with van der Waals surface area (Å²) >= 11 is 0. The lowest BCUT2D eigenvalue weighted by Gasteiger charge is -2.33. The molecule has 5 rings (SSSR count). The van der Waals surface area contributed by atoms with E-state index in [1.165, 1.54) is 11.1 Å². The molecule has 32 heavy (non-hydrogen) atoms. The Balaban J connectivity index is 1.30. The van der Waals surface area contributed by atoms with E-state index in [9.17, 15) is 4.79 Å². The fourth-order valence-electron chi connectivity index (χ4n) is 5.00. The number of aromatic nitrogens is 4. The van der Waals surface area contributed by atoms with Gasteiger partial charge in [0.15, 0.2) is 0 Å². The Hall–Kier alpha value is -3.15. The monoisotopic (exact) mass is 429 g/mol. The van der Waals surface area contributed by atoms with Crippen LogP contribution in [-0.4, -0.2) is 43.2 Å². The van der Waals surface area contributed by atoms with Crippen LogP contribution >= 0.6 is 0 Å². The number of hydrogen-bond acceptors (Lipinski definition) is 3. The molecular weight excluding hydrogens is 398 g/mol.